The highest BCUT2D eigenvalue weighted by atomic mass is 32.2. The third kappa shape index (κ3) is 3.61. The Morgan fingerprint density at radius 2 is 2.27 bits per heavy atom. The Balaban J connectivity index is 2.53. The van der Waals surface area contributed by atoms with Crippen LogP contribution in [0.15, 0.2) is 17.3 Å². The van der Waals surface area contributed by atoms with Crippen LogP contribution in [-0.2, 0) is 17.1 Å². The molecule has 0 fully saturated rings. The van der Waals surface area contributed by atoms with Gasteiger partial charge < -0.3 is 5.73 Å². The van der Waals surface area contributed by atoms with Crippen molar-refractivity contribution in [2.45, 2.75) is 17.7 Å². The minimum absolute atomic E-state index is 0.192. The van der Waals surface area contributed by atoms with E-state index in [2.05, 4.69) is 9.82 Å². The van der Waals surface area contributed by atoms with Crippen LogP contribution in [-0.4, -0.2) is 31.3 Å². The highest BCUT2D eigenvalue weighted by Gasteiger charge is 2.14. The van der Waals surface area contributed by atoms with E-state index in [9.17, 15) is 8.42 Å². The first-order valence-corrected chi connectivity index (χ1v) is 6.23. The lowest BCUT2D eigenvalue weighted by Crippen LogP contribution is -2.24. The van der Waals surface area contributed by atoms with E-state index in [0.29, 0.717) is 13.1 Å². The zero-order chi connectivity index (χ0) is 11.3. The van der Waals surface area contributed by atoms with Crippen molar-refractivity contribution < 1.29 is 8.42 Å². The third-order valence-electron chi connectivity index (χ3n) is 1.91. The van der Waals surface area contributed by atoms with Crippen molar-refractivity contribution in [3.8, 4) is 0 Å². The highest BCUT2D eigenvalue weighted by Crippen LogP contribution is 2.05. The summed E-state index contributed by atoms with van der Waals surface area (Å²) in [5.74, 6) is 0. The summed E-state index contributed by atoms with van der Waals surface area (Å²) in [6.07, 6.45) is 4.35. The first-order valence-electron chi connectivity index (χ1n) is 4.74. The summed E-state index contributed by atoms with van der Waals surface area (Å²) in [4.78, 5) is 0.192. The van der Waals surface area contributed by atoms with Crippen LogP contribution in [0.4, 0.5) is 0 Å². The molecule has 1 aromatic heterocycles. The molecule has 0 bridgehead atoms. The fraction of sp³-hybridized carbons (Fsp3) is 0.625. The van der Waals surface area contributed by atoms with Crippen molar-refractivity contribution >= 4 is 10.0 Å². The van der Waals surface area contributed by atoms with Gasteiger partial charge in [-0.05, 0) is 19.4 Å². The molecule has 1 rings (SSSR count). The van der Waals surface area contributed by atoms with Crippen LogP contribution in [0.5, 0.6) is 0 Å². The van der Waals surface area contributed by atoms with Gasteiger partial charge in [0.2, 0.25) is 10.0 Å². The second kappa shape index (κ2) is 5.24. The molecule has 1 aromatic rings. The largest absolute Gasteiger partial charge is 0.330 e. The monoisotopic (exact) mass is 232 g/mol. The Bertz CT molecular complexity index is 399. The average molecular weight is 232 g/mol. The molecule has 0 aromatic carbocycles. The summed E-state index contributed by atoms with van der Waals surface area (Å²) in [5, 5.41) is 3.80. The van der Waals surface area contributed by atoms with Crippen molar-refractivity contribution in [1.29, 1.82) is 0 Å². The van der Waals surface area contributed by atoms with Crippen molar-refractivity contribution in [3.05, 3.63) is 12.4 Å². The number of nitrogens with zero attached hydrogens (tertiary/aromatic N) is 2. The lowest BCUT2D eigenvalue weighted by molar-refractivity contribution is 0.577. The molecule has 6 nitrogen and oxygen atoms in total. The van der Waals surface area contributed by atoms with E-state index < -0.39 is 10.0 Å². The maximum absolute atomic E-state index is 11.6. The number of aromatic nitrogens is 2. The number of sulfonamides is 1. The first kappa shape index (κ1) is 12.2. The van der Waals surface area contributed by atoms with Crippen LogP contribution < -0.4 is 10.5 Å². The lowest BCUT2D eigenvalue weighted by atomic mass is 10.3. The van der Waals surface area contributed by atoms with Gasteiger partial charge in [0.1, 0.15) is 4.90 Å². The molecule has 0 saturated carbocycles. The summed E-state index contributed by atoms with van der Waals surface area (Å²) in [6.45, 7) is 0.989. The molecule has 0 radical (unpaired) electrons. The fourth-order valence-corrected chi connectivity index (χ4v) is 2.15. The minimum atomic E-state index is -3.39. The van der Waals surface area contributed by atoms with Crippen molar-refractivity contribution in [2.24, 2.45) is 12.8 Å². The van der Waals surface area contributed by atoms with Crippen LogP contribution >= 0.6 is 0 Å². The van der Waals surface area contributed by atoms with E-state index >= 15 is 0 Å². The van der Waals surface area contributed by atoms with Crippen LogP contribution in [0.1, 0.15) is 12.8 Å². The molecule has 3 N–H and O–H groups in total. The van der Waals surface area contributed by atoms with E-state index in [1.165, 1.54) is 17.1 Å². The van der Waals surface area contributed by atoms with E-state index in [1.807, 2.05) is 0 Å². The summed E-state index contributed by atoms with van der Waals surface area (Å²) in [7, 11) is -1.72. The molecule has 7 heteroatoms. The molecule has 15 heavy (non-hydrogen) atoms. The Hall–Kier alpha value is -0.920. The normalized spacial score (nSPS) is 11.9. The number of unbranched alkanes of at least 4 members (excludes halogenated alkanes) is 1. The number of nitrogens with two attached hydrogens (primary N) is 1. The molecule has 0 aliphatic heterocycles. The van der Waals surface area contributed by atoms with Gasteiger partial charge in [0.25, 0.3) is 0 Å². The van der Waals surface area contributed by atoms with Gasteiger partial charge >= 0.3 is 0 Å². The molecular weight excluding hydrogens is 216 g/mol. The Morgan fingerprint density at radius 1 is 1.53 bits per heavy atom. The second-order valence-corrected chi connectivity index (χ2v) is 5.01. The third-order valence-corrected chi connectivity index (χ3v) is 3.33. The van der Waals surface area contributed by atoms with E-state index in [0.717, 1.165) is 12.8 Å². The van der Waals surface area contributed by atoms with Gasteiger partial charge in [0.15, 0.2) is 0 Å². The van der Waals surface area contributed by atoms with Crippen LogP contribution in [0.3, 0.4) is 0 Å². The Morgan fingerprint density at radius 3 is 2.80 bits per heavy atom. The number of aryl methyl sites for hydroxylation is 1. The average Bonchev–Trinajstić information content (AvgIpc) is 2.60. The predicted molar refractivity (Wildman–Crippen MR) is 56.7 cm³/mol. The summed E-state index contributed by atoms with van der Waals surface area (Å²) >= 11 is 0. The maximum atomic E-state index is 11.6. The van der Waals surface area contributed by atoms with E-state index in [1.54, 1.807) is 7.05 Å². The summed E-state index contributed by atoms with van der Waals surface area (Å²) in [5.41, 5.74) is 5.30. The molecular formula is C8H16N4O2S. The van der Waals surface area contributed by atoms with E-state index in [-0.39, 0.29) is 4.90 Å². The minimum Gasteiger partial charge on any atom is -0.330 e. The second-order valence-electron chi connectivity index (χ2n) is 3.24. The van der Waals surface area contributed by atoms with Crippen LogP contribution in [0.2, 0.25) is 0 Å². The number of hydrogen-bond acceptors (Lipinski definition) is 4. The Labute approximate surface area is 89.5 Å². The SMILES string of the molecule is Cn1cc(S(=O)(=O)NCCCCN)cn1. The quantitative estimate of drug-likeness (QED) is 0.643. The zero-order valence-electron chi connectivity index (χ0n) is 8.68. The van der Waals surface area contributed by atoms with Crippen molar-refractivity contribution in [3.63, 3.8) is 0 Å². The molecule has 0 spiro atoms. The molecule has 86 valence electrons. The van der Waals surface area contributed by atoms with Crippen molar-refractivity contribution in [2.75, 3.05) is 13.1 Å². The van der Waals surface area contributed by atoms with Gasteiger partial charge in [-0.15, -0.1) is 0 Å². The lowest BCUT2D eigenvalue weighted by Gasteiger charge is -2.03. The molecule has 0 atom stereocenters. The summed E-state index contributed by atoms with van der Waals surface area (Å²) in [6, 6.07) is 0. The highest BCUT2D eigenvalue weighted by molar-refractivity contribution is 7.89. The molecule has 0 amide bonds. The predicted octanol–water partition coefficient (Wildman–Crippen LogP) is -0.563. The first-order chi connectivity index (χ1) is 7.06. The molecule has 0 aliphatic carbocycles. The van der Waals surface area contributed by atoms with Gasteiger partial charge in [-0.3, -0.25) is 4.68 Å². The van der Waals surface area contributed by atoms with Crippen LogP contribution in [0, 0.1) is 0 Å². The molecule has 0 unspecified atom stereocenters. The van der Waals surface area contributed by atoms with Gasteiger partial charge in [0, 0.05) is 19.8 Å². The van der Waals surface area contributed by atoms with Gasteiger partial charge in [0.05, 0.1) is 6.20 Å². The molecule has 1 heterocycles. The summed E-state index contributed by atoms with van der Waals surface area (Å²) < 4.78 is 27.2. The molecule has 0 aliphatic rings. The van der Waals surface area contributed by atoms with Gasteiger partial charge in [-0.2, -0.15) is 5.10 Å². The number of hydrogen-bond donors (Lipinski definition) is 2. The van der Waals surface area contributed by atoms with E-state index in [4.69, 9.17) is 5.73 Å². The zero-order valence-corrected chi connectivity index (χ0v) is 9.50. The molecule has 0 saturated heterocycles. The fourth-order valence-electron chi connectivity index (χ4n) is 1.10. The van der Waals surface area contributed by atoms with Crippen molar-refractivity contribution in [1.82, 2.24) is 14.5 Å². The Kier molecular flexibility index (Phi) is 4.25. The van der Waals surface area contributed by atoms with Gasteiger partial charge in [-0.1, -0.05) is 0 Å². The number of rotatable bonds is 6. The maximum Gasteiger partial charge on any atom is 0.243 e. The van der Waals surface area contributed by atoms with Gasteiger partial charge in [-0.25, -0.2) is 13.1 Å². The smallest absolute Gasteiger partial charge is 0.243 e. The van der Waals surface area contributed by atoms with Crippen LogP contribution in [0.25, 0.3) is 0 Å². The standard InChI is InChI=1S/C8H16N4O2S/c1-12-7-8(6-10-12)15(13,14)11-5-3-2-4-9/h6-7,11H,2-5,9H2,1H3. The topological polar surface area (TPSA) is 90.0 Å². The number of nitrogens with one attached hydrogen (secondary N) is 1.